The van der Waals surface area contributed by atoms with Crippen LogP contribution in [-0.4, -0.2) is 22.1 Å². The lowest BCUT2D eigenvalue weighted by atomic mass is 9.76. The molecule has 2 N–H and O–H groups in total. The smallest absolute Gasteiger partial charge is 0.251 e. The zero-order chi connectivity index (χ0) is 17.2. The van der Waals surface area contributed by atoms with Crippen molar-refractivity contribution < 1.29 is 4.79 Å². The van der Waals surface area contributed by atoms with Gasteiger partial charge in [0.25, 0.3) is 5.91 Å². The largest absolute Gasteiger partial charge is 0.349 e. The number of carbonyl (C=O) groups is 1. The molecule has 4 nitrogen and oxygen atoms in total. The average molecular weight is 352 g/mol. The van der Waals surface area contributed by atoms with Gasteiger partial charge in [0.2, 0.25) is 0 Å². The van der Waals surface area contributed by atoms with Gasteiger partial charge in [-0.2, -0.15) is 5.10 Å². The second kappa shape index (κ2) is 6.73. The Labute approximate surface area is 151 Å². The lowest BCUT2D eigenvalue weighted by Gasteiger charge is -2.36. The fourth-order valence-electron chi connectivity index (χ4n) is 3.23. The molecule has 25 heavy (non-hydrogen) atoms. The summed E-state index contributed by atoms with van der Waals surface area (Å²) >= 11 is 5.92. The third-order valence-electron chi connectivity index (χ3n) is 4.79. The Morgan fingerprint density at radius 3 is 2.40 bits per heavy atom. The van der Waals surface area contributed by atoms with Crippen molar-refractivity contribution in [2.24, 2.45) is 0 Å². The van der Waals surface area contributed by atoms with Crippen molar-refractivity contribution >= 4 is 17.5 Å². The van der Waals surface area contributed by atoms with Crippen molar-refractivity contribution in [3.8, 4) is 11.1 Å². The predicted octanol–water partition coefficient (Wildman–Crippen LogP) is 4.41. The highest BCUT2D eigenvalue weighted by molar-refractivity contribution is 6.30. The van der Waals surface area contributed by atoms with Crippen molar-refractivity contribution in [2.75, 3.05) is 0 Å². The Morgan fingerprint density at radius 2 is 1.76 bits per heavy atom. The van der Waals surface area contributed by atoms with Gasteiger partial charge >= 0.3 is 0 Å². The van der Waals surface area contributed by atoms with E-state index in [0.717, 1.165) is 29.0 Å². The number of aromatic nitrogens is 2. The van der Waals surface area contributed by atoms with Crippen molar-refractivity contribution in [1.82, 2.24) is 15.5 Å². The van der Waals surface area contributed by atoms with Crippen LogP contribution in [0.3, 0.4) is 0 Å². The van der Waals surface area contributed by atoms with E-state index in [4.69, 9.17) is 11.6 Å². The number of nitrogens with zero attached hydrogens (tertiary/aromatic N) is 1. The van der Waals surface area contributed by atoms with E-state index < -0.39 is 0 Å². The molecule has 0 atom stereocenters. The first kappa shape index (κ1) is 15.9. The minimum Gasteiger partial charge on any atom is -0.349 e. The number of amides is 1. The molecule has 3 aromatic rings. The number of H-pyrrole nitrogens is 1. The quantitative estimate of drug-likeness (QED) is 0.731. The van der Waals surface area contributed by atoms with Crippen molar-refractivity contribution in [1.29, 1.82) is 0 Å². The van der Waals surface area contributed by atoms with Crippen LogP contribution in [0.1, 0.15) is 34.7 Å². The highest BCUT2D eigenvalue weighted by atomic mass is 35.5. The summed E-state index contributed by atoms with van der Waals surface area (Å²) < 4.78 is 0. The van der Waals surface area contributed by atoms with E-state index in [2.05, 4.69) is 27.6 Å². The van der Waals surface area contributed by atoms with Gasteiger partial charge in [-0.05, 0) is 54.2 Å². The highest BCUT2D eigenvalue weighted by Gasteiger charge is 2.31. The second-order valence-corrected chi connectivity index (χ2v) is 6.89. The van der Waals surface area contributed by atoms with Gasteiger partial charge in [-0.15, -0.1) is 0 Å². The van der Waals surface area contributed by atoms with Crippen molar-refractivity contribution in [3.63, 3.8) is 0 Å². The SMILES string of the molecule is O=C(NC1CC(c2ccc(Cl)cc2)C1)c1ccc(-c2cn[nH]c2)cc1. The van der Waals surface area contributed by atoms with Crippen LogP contribution >= 0.6 is 11.6 Å². The molecule has 1 fully saturated rings. The molecule has 4 rings (SSSR count). The molecule has 1 aliphatic carbocycles. The third-order valence-corrected chi connectivity index (χ3v) is 5.05. The van der Waals surface area contributed by atoms with Crippen LogP contribution in [0.2, 0.25) is 5.02 Å². The molecule has 0 unspecified atom stereocenters. The van der Waals surface area contributed by atoms with Crippen LogP contribution in [0, 0.1) is 0 Å². The summed E-state index contributed by atoms with van der Waals surface area (Å²) in [5, 5.41) is 10.6. The van der Waals surface area contributed by atoms with Crippen LogP contribution in [0.5, 0.6) is 0 Å². The Hall–Kier alpha value is -2.59. The summed E-state index contributed by atoms with van der Waals surface area (Å²) in [7, 11) is 0. The number of halogens is 1. The number of aromatic amines is 1. The fourth-order valence-corrected chi connectivity index (χ4v) is 3.36. The van der Waals surface area contributed by atoms with Gasteiger partial charge < -0.3 is 5.32 Å². The molecule has 1 aromatic heterocycles. The molecular formula is C20H18ClN3O. The van der Waals surface area contributed by atoms with Gasteiger partial charge in [-0.3, -0.25) is 9.89 Å². The zero-order valence-electron chi connectivity index (χ0n) is 13.6. The summed E-state index contributed by atoms with van der Waals surface area (Å²) in [5.41, 5.74) is 4.02. The number of rotatable bonds is 4. The molecule has 0 radical (unpaired) electrons. The first-order valence-electron chi connectivity index (χ1n) is 8.34. The van der Waals surface area contributed by atoms with E-state index in [-0.39, 0.29) is 11.9 Å². The minimum atomic E-state index is -0.0155. The average Bonchev–Trinajstić information content (AvgIpc) is 3.13. The molecule has 1 amide bonds. The van der Waals surface area contributed by atoms with E-state index >= 15 is 0 Å². The molecule has 0 aliphatic heterocycles. The van der Waals surface area contributed by atoms with E-state index in [1.165, 1.54) is 5.56 Å². The Kier molecular flexibility index (Phi) is 4.28. The first-order valence-corrected chi connectivity index (χ1v) is 8.72. The Morgan fingerprint density at radius 1 is 1.04 bits per heavy atom. The number of hydrogen-bond donors (Lipinski definition) is 2. The summed E-state index contributed by atoms with van der Waals surface area (Å²) in [6.07, 6.45) is 5.54. The molecule has 0 bridgehead atoms. The second-order valence-electron chi connectivity index (χ2n) is 6.45. The summed E-state index contributed by atoms with van der Waals surface area (Å²) in [4.78, 5) is 12.4. The van der Waals surface area contributed by atoms with Gasteiger partial charge in [0.1, 0.15) is 0 Å². The lowest BCUT2D eigenvalue weighted by Crippen LogP contribution is -2.43. The molecule has 1 saturated carbocycles. The summed E-state index contributed by atoms with van der Waals surface area (Å²) in [6, 6.07) is 15.8. The van der Waals surface area contributed by atoms with Gasteiger partial charge in [0, 0.05) is 28.4 Å². The predicted molar refractivity (Wildman–Crippen MR) is 98.7 cm³/mol. The molecule has 1 heterocycles. The van der Waals surface area contributed by atoms with Gasteiger partial charge in [-0.1, -0.05) is 35.9 Å². The van der Waals surface area contributed by atoms with Crippen LogP contribution in [0.4, 0.5) is 0 Å². The van der Waals surface area contributed by atoms with E-state index in [0.29, 0.717) is 11.5 Å². The Balaban J connectivity index is 1.33. The van der Waals surface area contributed by atoms with E-state index in [9.17, 15) is 4.79 Å². The molecule has 0 saturated heterocycles. The minimum absolute atomic E-state index is 0.0155. The van der Waals surface area contributed by atoms with Crippen molar-refractivity contribution in [3.05, 3.63) is 77.1 Å². The maximum atomic E-state index is 12.4. The molecule has 0 spiro atoms. The van der Waals surface area contributed by atoms with Gasteiger partial charge in [0.05, 0.1) is 6.20 Å². The number of carbonyl (C=O) groups excluding carboxylic acids is 1. The first-order chi connectivity index (χ1) is 12.2. The maximum absolute atomic E-state index is 12.4. The van der Waals surface area contributed by atoms with Crippen LogP contribution in [0.15, 0.2) is 60.9 Å². The molecule has 5 heteroatoms. The third kappa shape index (κ3) is 3.44. The monoisotopic (exact) mass is 351 g/mol. The molecule has 2 aromatic carbocycles. The summed E-state index contributed by atoms with van der Waals surface area (Å²) in [6.45, 7) is 0. The number of nitrogens with one attached hydrogen (secondary N) is 2. The van der Waals surface area contributed by atoms with Crippen molar-refractivity contribution in [2.45, 2.75) is 24.8 Å². The van der Waals surface area contributed by atoms with E-state index in [1.807, 2.05) is 42.6 Å². The van der Waals surface area contributed by atoms with Gasteiger partial charge in [0.15, 0.2) is 0 Å². The number of benzene rings is 2. The van der Waals surface area contributed by atoms with Crippen LogP contribution < -0.4 is 5.32 Å². The topological polar surface area (TPSA) is 57.8 Å². The zero-order valence-corrected chi connectivity index (χ0v) is 14.3. The lowest BCUT2D eigenvalue weighted by molar-refractivity contribution is 0.0909. The Bertz CT molecular complexity index is 851. The van der Waals surface area contributed by atoms with Crippen LogP contribution in [-0.2, 0) is 0 Å². The number of hydrogen-bond acceptors (Lipinski definition) is 2. The standard InChI is InChI=1S/C20H18ClN3O/c21-18-7-5-13(6-8-18)16-9-19(10-16)24-20(25)15-3-1-14(2-4-15)17-11-22-23-12-17/h1-8,11-12,16,19H,9-10H2,(H,22,23)(H,24,25). The molecular weight excluding hydrogens is 334 g/mol. The van der Waals surface area contributed by atoms with Gasteiger partial charge in [-0.25, -0.2) is 0 Å². The summed E-state index contributed by atoms with van der Waals surface area (Å²) in [5.74, 6) is 0.490. The fraction of sp³-hybridized carbons (Fsp3) is 0.200. The normalized spacial score (nSPS) is 19.2. The molecule has 1 aliphatic rings. The van der Waals surface area contributed by atoms with E-state index in [1.54, 1.807) is 6.20 Å². The maximum Gasteiger partial charge on any atom is 0.251 e. The highest BCUT2D eigenvalue weighted by Crippen LogP contribution is 2.37. The van der Waals surface area contributed by atoms with Crippen LogP contribution in [0.25, 0.3) is 11.1 Å². The molecule has 126 valence electrons.